The Morgan fingerprint density at radius 3 is 2.92 bits per heavy atom. The van der Waals surface area contributed by atoms with E-state index in [4.69, 9.17) is 0 Å². The highest BCUT2D eigenvalue weighted by molar-refractivity contribution is 7.12. The maximum absolute atomic E-state index is 10.4. The van der Waals surface area contributed by atoms with Crippen LogP contribution in [0.2, 0.25) is 0 Å². The van der Waals surface area contributed by atoms with Crippen LogP contribution in [0.1, 0.15) is 9.67 Å². The first-order chi connectivity index (χ1) is 5.90. The Morgan fingerprint density at radius 2 is 2.33 bits per heavy atom. The molecule has 0 aliphatic heterocycles. The van der Waals surface area contributed by atoms with Crippen LogP contribution in [0.15, 0.2) is 22.3 Å². The molecule has 0 aliphatic carbocycles. The van der Waals surface area contributed by atoms with Crippen molar-refractivity contribution in [1.82, 2.24) is 4.98 Å². The molecule has 0 aromatic carbocycles. The van der Waals surface area contributed by atoms with E-state index in [2.05, 4.69) is 4.98 Å². The number of carbonyl (C=O) groups is 1. The van der Waals surface area contributed by atoms with Crippen molar-refractivity contribution in [3.05, 3.63) is 27.2 Å². The van der Waals surface area contributed by atoms with Gasteiger partial charge in [0.25, 0.3) is 0 Å². The second-order valence-corrected chi connectivity index (χ2v) is 3.89. The molecule has 0 unspecified atom stereocenters. The fraction of sp³-hybridized carbons (Fsp3) is 0. The number of aromatic nitrogens is 1. The first-order valence-electron chi connectivity index (χ1n) is 3.32. The van der Waals surface area contributed by atoms with Crippen LogP contribution in [0.4, 0.5) is 0 Å². The monoisotopic (exact) mass is 195 g/mol. The van der Waals surface area contributed by atoms with E-state index in [1.54, 1.807) is 16.8 Å². The van der Waals surface area contributed by atoms with Crippen molar-refractivity contribution in [2.45, 2.75) is 0 Å². The van der Waals surface area contributed by atoms with Gasteiger partial charge in [-0.25, -0.2) is 4.98 Å². The number of rotatable bonds is 2. The van der Waals surface area contributed by atoms with Crippen LogP contribution < -0.4 is 0 Å². The van der Waals surface area contributed by atoms with Crippen LogP contribution in [0.5, 0.6) is 0 Å². The number of hydrogen-bond acceptors (Lipinski definition) is 4. The predicted molar refractivity (Wildman–Crippen MR) is 50.8 cm³/mol. The molecule has 60 valence electrons. The third-order valence-electron chi connectivity index (χ3n) is 1.46. The molecule has 0 saturated heterocycles. The summed E-state index contributed by atoms with van der Waals surface area (Å²) in [7, 11) is 0. The summed E-state index contributed by atoms with van der Waals surface area (Å²) in [4.78, 5) is 15.3. The van der Waals surface area contributed by atoms with Crippen molar-refractivity contribution in [2.24, 2.45) is 0 Å². The van der Waals surface area contributed by atoms with Crippen LogP contribution in [-0.2, 0) is 0 Å². The van der Waals surface area contributed by atoms with E-state index in [0.717, 1.165) is 22.4 Å². The largest absolute Gasteiger partial charge is 0.297 e. The molecule has 2 heterocycles. The lowest BCUT2D eigenvalue weighted by atomic mass is 10.2. The van der Waals surface area contributed by atoms with E-state index in [1.807, 2.05) is 16.8 Å². The minimum Gasteiger partial charge on any atom is -0.297 e. The summed E-state index contributed by atoms with van der Waals surface area (Å²) in [5.74, 6) is 0. The van der Waals surface area contributed by atoms with Gasteiger partial charge in [-0.15, -0.1) is 22.7 Å². The van der Waals surface area contributed by atoms with Crippen LogP contribution in [-0.4, -0.2) is 11.3 Å². The Bertz CT molecular complexity index is 377. The van der Waals surface area contributed by atoms with Gasteiger partial charge in [-0.3, -0.25) is 4.79 Å². The van der Waals surface area contributed by atoms with E-state index in [0.29, 0.717) is 0 Å². The number of thiophene rings is 1. The lowest BCUT2D eigenvalue weighted by Gasteiger charge is -1.84. The molecule has 12 heavy (non-hydrogen) atoms. The van der Waals surface area contributed by atoms with Gasteiger partial charge in [0.2, 0.25) is 0 Å². The zero-order valence-corrected chi connectivity index (χ0v) is 7.69. The summed E-state index contributed by atoms with van der Waals surface area (Å²) in [6, 6.07) is 1.85. The Hall–Kier alpha value is -1.00. The van der Waals surface area contributed by atoms with E-state index in [9.17, 15) is 4.79 Å². The van der Waals surface area contributed by atoms with Crippen LogP contribution in [0.3, 0.4) is 0 Å². The van der Waals surface area contributed by atoms with E-state index in [-0.39, 0.29) is 0 Å². The molecule has 0 spiro atoms. The summed E-state index contributed by atoms with van der Waals surface area (Å²) in [6.07, 6.45) is 0.862. The molecule has 2 aromatic rings. The van der Waals surface area contributed by atoms with E-state index < -0.39 is 0 Å². The quantitative estimate of drug-likeness (QED) is 0.689. The number of hydrogen-bond donors (Lipinski definition) is 0. The number of nitrogens with zero attached hydrogens (tertiary/aromatic N) is 1. The number of thiazole rings is 1. The number of aldehydes is 1. The molecule has 0 N–H and O–H groups in total. The maximum Gasteiger partial charge on any atom is 0.160 e. The predicted octanol–water partition coefficient (Wildman–Crippen LogP) is 2.68. The van der Waals surface area contributed by atoms with Crippen molar-refractivity contribution in [3.8, 4) is 11.3 Å². The maximum atomic E-state index is 10.4. The molecule has 0 fully saturated rings. The fourth-order valence-electron chi connectivity index (χ4n) is 0.904. The normalized spacial score (nSPS) is 10.0. The Morgan fingerprint density at radius 1 is 1.42 bits per heavy atom. The van der Waals surface area contributed by atoms with E-state index in [1.165, 1.54) is 11.3 Å². The van der Waals surface area contributed by atoms with Gasteiger partial charge < -0.3 is 0 Å². The second-order valence-electron chi connectivity index (χ2n) is 2.23. The molecule has 2 rings (SSSR count). The molecular weight excluding hydrogens is 190 g/mol. The van der Waals surface area contributed by atoms with Crippen molar-refractivity contribution in [3.63, 3.8) is 0 Å². The smallest absolute Gasteiger partial charge is 0.160 e. The molecule has 4 heteroatoms. The fourth-order valence-corrected chi connectivity index (χ4v) is 2.17. The number of carbonyl (C=O) groups excluding carboxylic acids is 1. The van der Waals surface area contributed by atoms with Gasteiger partial charge in [-0.1, -0.05) is 0 Å². The van der Waals surface area contributed by atoms with Gasteiger partial charge in [0.1, 0.15) is 0 Å². The summed E-state index contributed by atoms with van der Waals surface area (Å²) in [5, 5.41) is 3.91. The van der Waals surface area contributed by atoms with Crippen LogP contribution in [0.25, 0.3) is 11.3 Å². The molecular formula is C8H5NOS2. The zero-order chi connectivity index (χ0) is 8.39. The minimum atomic E-state index is 0.748. The Kier molecular flexibility index (Phi) is 2.01. The third-order valence-corrected chi connectivity index (χ3v) is 2.91. The first-order valence-corrected chi connectivity index (χ1v) is 5.14. The second kappa shape index (κ2) is 3.16. The van der Waals surface area contributed by atoms with Crippen molar-refractivity contribution in [1.29, 1.82) is 0 Å². The Labute approximate surface area is 77.5 Å². The average Bonchev–Trinajstić information content (AvgIpc) is 2.75. The van der Waals surface area contributed by atoms with Crippen LogP contribution in [0, 0.1) is 0 Å². The van der Waals surface area contributed by atoms with Crippen molar-refractivity contribution in [2.75, 3.05) is 0 Å². The van der Waals surface area contributed by atoms with E-state index >= 15 is 0 Å². The van der Waals surface area contributed by atoms with Gasteiger partial charge in [-0.05, 0) is 6.07 Å². The lowest BCUT2D eigenvalue weighted by Crippen LogP contribution is -1.70. The molecule has 2 nitrogen and oxygen atoms in total. The summed E-state index contributed by atoms with van der Waals surface area (Å²) in [6.45, 7) is 0. The molecule has 0 radical (unpaired) electrons. The minimum absolute atomic E-state index is 0.748. The molecule has 0 aliphatic rings. The highest BCUT2D eigenvalue weighted by Crippen LogP contribution is 2.24. The highest BCUT2D eigenvalue weighted by atomic mass is 32.1. The highest BCUT2D eigenvalue weighted by Gasteiger charge is 2.02. The van der Waals surface area contributed by atoms with Gasteiger partial charge in [0, 0.05) is 16.3 Å². The first kappa shape index (κ1) is 7.64. The lowest BCUT2D eigenvalue weighted by molar-refractivity contribution is 0.112. The average molecular weight is 195 g/mol. The summed E-state index contributed by atoms with van der Waals surface area (Å²) >= 11 is 3.00. The molecule has 0 bridgehead atoms. The van der Waals surface area contributed by atoms with Crippen molar-refractivity contribution >= 4 is 29.0 Å². The molecule has 0 saturated carbocycles. The molecule has 2 aromatic heterocycles. The van der Waals surface area contributed by atoms with Gasteiger partial charge in [0.15, 0.2) is 6.29 Å². The Balaban J connectivity index is 2.41. The summed E-state index contributed by atoms with van der Waals surface area (Å²) in [5.41, 5.74) is 3.76. The zero-order valence-electron chi connectivity index (χ0n) is 6.06. The van der Waals surface area contributed by atoms with Gasteiger partial charge in [0.05, 0.1) is 16.1 Å². The van der Waals surface area contributed by atoms with Gasteiger partial charge >= 0.3 is 0 Å². The summed E-state index contributed by atoms with van der Waals surface area (Å²) < 4.78 is 0. The standard InChI is InChI=1S/C8H5NOS2/c10-2-7-1-6(3-12-7)8-4-11-5-9-8/h1-5H. The van der Waals surface area contributed by atoms with Gasteiger partial charge in [-0.2, -0.15) is 0 Å². The van der Waals surface area contributed by atoms with Crippen molar-refractivity contribution < 1.29 is 4.79 Å². The van der Waals surface area contributed by atoms with Crippen LogP contribution >= 0.6 is 22.7 Å². The SMILES string of the molecule is O=Cc1cc(-c2cscn2)cs1. The topological polar surface area (TPSA) is 30.0 Å². The molecule has 0 amide bonds. The molecule has 0 atom stereocenters. The third kappa shape index (κ3) is 1.31.